The molecule has 0 spiro atoms. The molecule has 1 atom stereocenters. The number of hydrogen-bond acceptors (Lipinski definition) is 4. The molecule has 0 aromatic rings. The Balaban J connectivity index is 2.93. The molecule has 0 fully saturated rings. The Kier molecular flexibility index (Phi) is 1.37. The van der Waals surface area contributed by atoms with Gasteiger partial charge >= 0.3 is 5.97 Å². The highest BCUT2D eigenvalue weighted by Gasteiger charge is 2.27. The molecule has 1 aliphatic heterocycles. The molecule has 0 aromatic heterocycles. The Morgan fingerprint density at radius 2 is 2.20 bits per heavy atom. The van der Waals surface area contributed by atoms with Crippen molar-refractivity contribution in [3.8, 4) is 0 Å². The van der Waals surface area contributed by atoms with Gasteiger partial charge in [-0.1, -0.05) is 6.58 Å². The summed E-state index contributed by atoms with van der Waals surface area (Å²) in [6, 6.07) is 0. The molecule has 1 heterocycles. The minimum absolute atomic E-state index is 0.00935. The Morgan fingerprint density at radius 3 is 2.40 bits per heavy atom. The van der Waals surface area contributed by atoms with Crippen LogP contribution in [0.25, 0.3) is 0 Å². The van der Waals surface area contributed by atoms with E-state index >= 15 is 0 Å². The predicted octanol–water partition coefficient (Wildman–Crippen LogP) is -0.773. The summed E-state index contributed by atoms with van der Waals surface area (Å²) in [5.41, 5.74) is 10.8. The Labute approximate surface area is 58.1 Å². The molecule has 0 aromatic carbocycles. The largest absolute Gasteiger partial charge is 0.447 e. The van der Waals surface area contributed by atoms with Crippen molar-refractivity contribution in [2.75, 3.05) is 0 Å². The zero-order valence-electron chi connectivity index (χ0n) is 5.33. The van der Waals surface area contributed by atoms with Gasteiger partial charge in [-0.25, -0.2) is 4.79 Å². The first-order valence-corrected chi connectivity index (χ1v) is 2.75. The minimum atomic E-state index is -0.567. The third-order valence-electron chi connectivity index (χ3n) is 1.29. The van der Waals surface area contributed by atoms with Gasteiger partial charge in [0.15, 0.2) is 6.10 Å². The second-order valence-electron chi connectivity index (χ2n) is 1.93. The number of ether oxygens (including phenoxy) is 1. The highest BCUT2D eigenvalue weighted by atomic mass is 16.5. The fourth-order valence-electron chi connectivity index (χ4n) is 0.688. The summed E-state index contributed by atoms with van der Waals surface area (Å²) in [7, 11) is 0. The molecule has 0 saturated heterocycles. The summed E-state index contributed by atoms with van der Waals surface area (Å²) in [6.45, 7) is 3.42. The van der Waals surface area contributed by atoms with Crippen LogP contribution in [0.1, 0.15) is 0 Å². The molecule has 4 nitrogen and oxygen atoms in total. The normalized spacial score (nSPS) is 24.8. The van der Waals surface area contributed by atoms with Gasteiger partial charge in [-0.2, -0.15) is 0 Å². The van der Waals surface area contributed by atoms with Crippen LogP contribution in [0.3, 0.4) is 0 Å². The molecule has 1 rings (SSSR count). The van der Waals surface area contributed by atoms with E-state index in [1.807, 2.05) is 0 Å². The summed E-state index contributed by atoms with van der Waals surface area (Å²) in [5, 5.41) is 0. The fraction of sp³-hybridized carbons (Fsp3) is 0.167. The molecule has 10 heavy (non-hydrogen) atoms. The Bertz CT molecular complexity index is 220. The van der Waals surface area contributed by atoms with Crippen LogP contribution in [0.5, 0.6) is 0 Å². The second-order valence-corrected chi connectivity index (χ2v) is 1.93. The number of esters is 1. The molecule has 0 saturated carbocycles. The van der Waals surface area contributed by atoms with Gasteiger partial charge < -0.3 is 16.2 Å². The van der Waals surface area contributed by atoms with Gasteiger partial charge in [-0.05, 0) is 6.08 Å². The molecule has 0 amide bonds. The van der Waals surface area contributed by atoms with Gasteiger partial charge in [-0.3, -0.25) is 0 Å². The first-order chi connectivity index (χ1) is 4.66. The van der Waals surface area contributed by atoms with E-state index in [0.717, 1.165) is 0 Å². The number of carbonyl (C=O) groups excluding carboxylic acids is 1. The smallest absolute Gasteiger partial charge is 0.357 e. The van der Waals surface area contributed by atoms with Gasteiger partial charge in [0, 0.05) is 0 Å². The topological polar surface area (TPSA) is 78.3 Å². The van der Waals surface area contributed by atoms with Crippen LogP contribution in [0.2, 0.25) is 0 Å². The van der Waals surface area contributed by atoms with Crippen molar-refractivity contribution in [2.45, 2.75) is 6.10 Å². The minimum Gasteiger partial charge on any atom is -0.447 e. The quantitative estimate of drug-likeness (QED) is 0.370. The van der Waals surface area contributed by atoms with Crippen LogP contribution >= 0.6 is 0 Å². The lowest BCUT2D eigenvalue weighted by molar-refractivity contribution is -0.138. The third-order valence-corrected chi connectivity index (χ3v) is 1.29. The highest BCUT2D eigenvalue weighted by molar-refractivity contribution is 5.91. The van der Waals surface area contributed by atoms with Crippen LogP contribution in [-0.4, -0.2) is 12.1 Å². The van der Waals surface area contributed by atoms with E-state index < -0.39 is 12.1 Å². The number of nitrogens with two attached hydrogens (primary N) is 2. The van der Waals surface area contributed by atoms with E-state index in [1.165, 1.54) is 6.08 Å². The zero-order chi connectivity index (χ0) is 7.72. The highest BCUT2D eigenvalue weighted by Crippen LogP contribution is 2.14. The van der Waals surface area contributed by atoms with E-state index in [9.17, 15) is 4.79 Å². The van der Waals surface area contributed by atoms with Gasteiger partial charge in [0.05, 0.1) is 5.70 Å². The summed E-state index contributed by atoms with van der Waals surface area (Å²) >= 11 is 0. The van der Waals surface area contributed by atoms with Crippen molar-refractivity contribution < 1.29 is 9.53 Å². The monoisotopic (exact) mass is 140 g/mol. The summed E-state index contributed by atoms with van der Waals surface area (Å²) in [6.07, 6.45) is 0.889. The van der Waals surface area contributed by atoms with Crippen LogP contribution in [-0.2, 0) is 9.53 Å². The molecule has 0 aliphatic carbocycles. The third kappa shape index (κ3) is 0.737. The fourth-order valence-corrected chi connectivity index (χ4v) is 0.688. The summed E-state index contributed by atoms with van der Waals surface area (Å²) < 4.78 is 4.65. The molecule has 1 aliphatic rings. The molecule has 4 N–H and O–H groups in total. The molecular formula is C6H8N2O2. The molecule has 1 unspecified atom stereocenters. The van der Waals surface area contributed by atoms with Crippen molar-refractivity contribution in [2.24, 2.45) is 11.5 Å². The number of cyclic esters (lactones) is 1. The summed E-state index contributed by atoms with van der Waals surface area (Å²) in [5.74, 6) is -0.567. The van der Waals surface area contributed by atoms with Crippen LogP contribution in [0.15, 0.2) is 24.0 Å². The zero-order valence-corrected chi connectivity index (χ0v) is 5.33. The van der Waals surface area contributed by atoms with Crippen LogP contribution in [0.4, 0.5) is 0 Å². The standard InChI is InChI=1S/C6H8N2O2/c1-2-3-4(7)5(8)6(9)10-3/h2-3H,1,7-8H2. The number of hydrogen-bond donors (Lipinski definition) is 2. The van der Waals surface area contributed by atoms with E-state index in [-0.39, 0.29) is 11.4 Å². The van der Waals surface area contributed by atoms with Crippen molar-refractivity contribution in [1.29, 1.82) is 0 Å². The molecule has 0 bridgehead atoms. The average molecular weight is 140 g/mol. The van der Waals surface area contributed by atoms with E-state index in [1.54, 1.807) is 0 Å². The van der Waals surface area contributed by atoms with Crippen molar-refractivity contribution in [3.05, 3.63) is 24.0 Å². The van der Waals surface area contributed by atoms with Crippen LogP contribution < -0.4 is 11.5 Å². The predicted molar refractivity (Wildman–Crippen MR) is 35.5 cm³/mol. The Morgan fingerprint density at radius 1 is 1.60 bits per heavy atom. The first kappa shape index (κ1) is 6.67. The average Bonchev–Trinajstić information content (AvgIpc) is 2.17. The molecule has 0 radical (unpaired) electrons. The summed E-state index contributed by atoms with van der Waals surface area (Å²) in [4.78, 5) is 10.6. The number of rotatable bonds is 1. The van der Waals surface area contributed by atoms with E-state index in [0.29, 0.717) is 0 Å². The lowest BCUT2D eigenvalue weighted by atomic mass is 10.2. The molecule has 54 valence electrons. The van der Waals surface area contributed by atoms with Crippen LogP contribution in [0, 0.1) is 0 Å². The lowest BCUT2D eigenvalue weighted by Crippen LogP contribution is -2.13. The van der Waals surface area contributed by atoms with Gasteiger partial charge in [0.25, 0.3) is 0 Å². The molecular weight excluding hydrogens is 132 g/mol. The maximum Gasteiger partial charge on any atom is 0.357 e. The first-order valence-electron chi connectivity index (χ1n) is 2.75. The van der Waals surface area contributed by atoms with Crippen molar-refractivity contribution >= 4 is 5.97 Å². The Hall–Kier alpha value is -1.45. The van der Waals surface area contributed by atoms with Gasteiger partial charge in [0.2, 0.25) is 0 Å². The second kappa shape index (κ2) is 2.06. The lowest BCUT2D eigenvalue weighted by Gasteiger charge is -2.02. The maximum absolute atomic E-state index is 10.6. The maximum atomic E-state index is 10.6. The molecule has 4 heteroatoms. The van der Waals surface area contributed by atoms with Gasteiger partial charge in [-0.15, -0.1) is 0 Å². The van der Waals surface area contributed by atoms with Crippen molar-refractivity contribution in [3.63, 3.8) is 0 Å². The van der Waals surface area contributed by atoms with E-state index in [2.05, 4.69) is 11.3 Å². The van der Waals surface area contributed by atoms with Crippen molar-refractivity contribution in [1.82, 2.24) is 0 Å². The number of carbonyl (C=O) groups is 1. The van der Waals surface area contributed by atoms with Gasteiger partial charge in [0.1, 0.15) is 5.70 Å². The van der Waals surface area contributed by atoms with E-state index in [4.69, 9.17) is 11.5 Å². The SMILES string of the molecule is C=CC1OC(=O)C(N)=C1N.